The number of thiophene rings is 1. The van der Waals surface area contributed by atoms with Crippen molar-refractivity contribution in [3.63, 3.8) is 0 Å². The predicted molar refractivity (Wildman–Crippen MR) is 89.3 cm³/mol. The van der Waals surface area contributed by atoms with Gasteiger partial charge in [-0.25, -0.2) is 12.7 Å². The molecule has 1 heterocycles. The second-order valence-corrected chi connectivity index (χ2v) is 8.69. The highest BCUT2D eigenvalue weighted by Gasteiger charge is 2.34. The normalized spacial score (nSPS) is 12.4. The van der Waals surface area contributed by atoms with Gasteiger partial charge < -0.3 is 5.32 Å². The molecule has 0 aliphatic carbocycles. The number of para-hydroxylation sites is 1. The molecule has 2 rings (SSSR count). The number of halogens is 3. The minimum atomic E-state index is -4.62. The lowest BCUT2D eigenvalue weighted by atomic mass is 10.1. The molecule has 1 aromatic heterocycles. The Kier molecular flexibility index (Phi) is 5.26. The van der Waals surface area contributed by atoms with Crippen LogP contribution in [0.5, 0.6) is 0 Å². The average Bonchev–Trinajstić information content (AvgIpc) is 2.89. The van der Waals surface area contributed by atoms with E-state index in [0.717, 1.165) is 27.8 Å². The number of carbonyl (C=O) groups excluding carboxylic acids is 1. The molecular weight excluding hydrogens is 377 g/mol. The number of rotatable bonds is 4. The van der Waals surface area contributed by atoms with Gasteiger partial charge in [0.05, 0.1) is 21.0 Å². The number of aryl methyl sites for hydroxylation is 1. The monoisotopic (exact) mass is 392 g/mol. The van der Waals surface area contributed by atoms with E-state index in [1.165, 1.54) is 39.2 Å². The standard InChI is InChI=1S/C15H15F3N2O3S2/c1-9-13(25(22,23)20(2)3)8-12(24-9)14(21)19-11-7-5-4-6-10(11)15(16,17)18/h4-8H,1-3H3,(H,19,21). The lowest BCUT2D eigenvalue weighted by molar-refractivity contribution is -0.136. The van der Waals surface area contributed by atoms with Crippen LogP contribution in [-0.2, 0) is 16.2 Å². The Balaban J connectivity index is 2.36. The molecule has 0 aliphatic heterocycles. The third kappa shape index (κ3) is 4.02. The van der Waals surface area contributed by atoms with E-state index in [4.69, 9.17) is 0 Å². The van der Waals surface area contributed by atoms with Crippen LogP contribution in [0.25, 0.3) is 0 Å². The van der Waals surface area contributed by atoms with Crippen molar-refractivity contribution in [3.05, 3.63) is 45.6 Å². The summed E-state index contributed by atoms with van der Waals surface area (Å²) in [5.41, 5.74) is -1.36. The topological polar surface area (TPSA) is 66.5 Å². The third-order valence-electron chi connectivity index (χ3n) is 3.34. The maximum absolute atomic E-state index is 13.0. The van der Waals surface area contributed by atoms with E-state index in [9.17, 15) is 26.4 Å². The maximum Gasteiger partial charge on any atom is 0.418 e. The molecule has 5 nitrogen and oxygen atoms in total. The number of carbonyl (C=O) groups is 1. The Labute approximate surface area is 147 Å². The molecule has 0 saturated carbocycles. The van der Waals surface area contributed by atoms with Crippen LogP contribution < -0.4 is 5.32 Å². The summed E-state index contributed by atoms with van der Waals surface area (Å²) in [5.74, 6) is -0.801. The van der Waals surface area contributed by atoms with Crippen LogP contribution in [0.3, 0.4) is 0 Å². The van der Waals surface area contributed by atoms with Crippen LogP contribution in [0.1, 0.15) is 20.1 Å². The highest BCUT2D eigenvalue weighted by molar-refractivity contribution is 7.89. The average molecular weight is 392 g/mol. The second kappa shape index (κ2) is 6.77. The van der Waals surface area contributed by atoms with Crippen molar-refractivity contribution in [1.82, 2.24) is 4.31 Å². The van der Waals surface area contributed by atoms with Crippen molar-refractivity contribution in [1.29, 1.82) is 0 Å². The Hall–Kier alpha value is -1.91. The minimum Gasteiger partial charge on any atom is -0.321 e. The molecular formula is C15H15F3N2O3S2. The van der Waals surface area contributed by atoms with Crippen LogP contribution in [0.2, 0.25) is 0 Å². The Morgan fingerprint density at radius 2 is 1.80 bits per heavy atom. The number of alkyl halides is 3. The van der Waals surface area contributed by atoms with Crippen molar-refractivity contribution in [2.45, 2.75) is 18.0 Å². The molecule has 25 heavy (non-hydrogen) atoms. The first-order chi connectivity index (χ1) is 11.4. The highest BCUT2D eigenvalue weighted by atomic mass is 32.2. The van der Waals surface area contributed by atoms with Crippen molar-refractivity contribution in [2.75, 3.05) is 19.4 Å². The van der Waals surface area contributed by atoms with Gasteiger partial charge in [0.15, 0.2) is 0 Å². The van der Waals surface area contributed by atoms with E-state index in [2.05, 4.69) is 5.32 Å². The van der Waals surface area contributed by atoms with E-state index in [0.29, 0.717) is 4.88 Å². The first kappa shape index (κ1) is 19.4. The molecule has 0 atom stereocenters. The van der Waals surface area contributed by atoms with Gasteiger partial charge in [0.25, 0.3) is 5.91 Å². The molecule has 2 aromatic rings. The number of benzene rings is 1. The van der Waals surface area contributed by atoms with Gasteiger partial charge in [0.1, 0.15) is 0 Å². The molecule has 0 saturated heterocycles. The molecule has 0 bridgehead atoms. The summed E-state index contributed by atoms with van der Waals surface area (Å²) < 4.78 is 64.3. The molecule has 1 amide bonds. The molecule has 1 N–H and O–H groups in total. The van der Waals surface area contributed by atoms with E-state index < -0.39 is 27.7 Å². The van der Waals surface area contributed by atoms with Gasteiger partial charge in [-0.3, -0.25) is 4.79 Å². The molecule has 0 aliphatic rings. The minimum absolute atomic E-state index is 0.00917. The Morgan fingerprint density at radius 3 is 2.36 bits per heavy atom. The fraction of sp³-hybridized carbons (Fsp3) is 0.267. The van der Waals surface area contributed by atoms with Gasteiger partial charge in [0, 0.05) is 19.0 Å². The quantitative estimate of drug-likeness (QED) is 0.865. The summed E-state index contributed by atoms with van der Waals surface area (Å²) in [6.07, 6.45) is -4.62. The number of nitrogens with one attached hydrogen (secondary N) is 1. The van der Waals surface area contributed by atoms with Gasteiger partial charge in [-0.1, -0.05) is 12.1 Å². The summed E-state index contributed by atoms with van der Waals surface area (Å²) >= 11 is 0.900. The number of anilines is 1. The SMILES string of the molecule is Cc1sc(C(=O)Nc2ccccc2C(F)(F)F)cc1S(=O)(=O)N(C)C. The van der Waals surface area contributed by atoms with Crippen LogP contribution in [0.15, 0.2) is 35.2 Å². The fourth-order valence-electron chi connectivity index (χ4n) is 2.05. The Morgan fingerprint density at radius 1 is 1.20 bits per heavy atom. The number of nitrogens with zero attached hydrogens (tertiary/aromatic N) is 1. The van der Waals surface area contributed by atoms with Crippen molar-refractivity contribution < 1.29 is 26.4 Å². The molecule has 0 spiro atoms. The van der Waals surface area contributed by atoms with E-state index in [1.807, 2.05) is 0 Å². The zero-order valence-corrected chi connectivity index (χ0v) is 15.1. The smallest absolute Gasteiger partial charge is 0.321 e. The van der Waals surface area contributed by atoms with Crippen molar-refractivity contribution in [2.24, 2.45) is 0 Å². The number of amides is 1. The fourth-order valence-corrected chi connectivity index (χ4v) is 4.40. The van der Waals surface area contributed by atoms with Gasteiger partial charge in [-0.05, 0) is 25.1 Å². The van der Waals surface area contributed by atoms with Crippen molar-refractivity contribution >= 4 is 33.0 Å². The van der Waals surface area contributed by atoms with Gasteiger partial charge in [-0.15, -0.1) is 11.3 Å². The highest BCUT2D eigenvalue weighted by Crippen LogP contribution is 2.35. The summed E-state index contributed by atoms with van der Waals surface area (Å²) in [6, 6.07) is 5.75. The molecule has 0 fully saturated rings. The first-order valence-electron chi connectivity index (χ1n) is 6.95. The molecule has 1 aromatic carbocycles. The largest absolute Gasteiger partial charge is 0.418 e. The van der Waals surface area contributed by atoms with E-state index in [-0.39, 0.29) is 15.5 Å². The van der Waals surface area contributed by atoms with Crippen molar-refractivity contribution in [3.8, 4) is 0 Å². The number of hydrogen-bond donors (Lipinski definition) is 1. The van der Waals surface area contributed by atoms with E-state index >= 15 is 0 Å². The second-order valence-electron chi connectivity index (χ2n) is 5.32. The lowest BCUT2D eigenvalue weighted by Crippen LogP contribution is -2.22. The van der Waals surface area contributed by atoms with Crippen LogP contribution >= 0.6 is 11.3 Å². The molecule has 0 radical (unpaired) electrons. The summed E-state index contributed by atoms with van der Waals surface area (Å²) in [4.78, 5) is 12.6. The van der Waals surface area contributed by atoms with Crippen LogP contribution in [0.4, 0.5) is 18.9 Å². The maximum atomic E-state index is 13.0. The molecule has 0 unspecified atom stereocenters. The van der Waals surface area contributed by atoms with Crippen LogP contribution in [-0.4, -0.2) is 32.7 Å². The van der Waals surface area contributed by atoms with Gasteiger partial charge >= 0.3 is 6.18 Å². The third-order valence-corrected chi connectivity index (χ3v) is 6.46. The zero-order chi connectivity index (χ0) is 19.0. The number of sulfonamides is 1. The summed E-state index contributed by atoms with van der Waals surface area (Å²) in [5, 5.41) is 2.20. The first-order valence-corrected chi connectivity index (χ1v) is 9.21. The van der Waals surface area contributed by atoms with Gasteiger partial charge in [0.2, 0.25) is 10.0 Å². The zero-order valence-electron chi connectivity index (χ0n) is 13.5. The van der Waals surface area contributed by atoms with Gasteiger partial charge in [-0.2, -0.15) is 13.2 Å². The molecule has 10 heteroatoms. The predicted octanol–water partition coefficient (Wildman–Crippen LogP) is 3.58. The lowest BCUT2D eigenvalue weighted by Gasteiger charge is -2.13. The Bertz CT molecular complexity index is 903. The molecule has 136 valence electrons. The van der Waals surface area contributed by atoms with Crippen LogP contribution in [0, 0.1) is 6.92 Å². The van der Waals surface area contributed by atoms with E-state index in [1.54, 1.807) is 0 Å². The number of hydrogen-bond acceptors (Lipinski definition) is 4. The summed E-state index contributed by atoms with van der Waals surface area (Å²) in [7, 11) is -1.03. The summed E-state index contributed by atoms with van der Waals surface area (Å²) in [6.45, 7) is 1.53.